The average Bonchev–Trinajstić information content (AvgIpc) is 2.74. The molecule has 6 heteroatoms. The van der Waals surface area contributed by atoms with E-state index in [9.17, 15) is 4.79 Å². The molecule has 0 bridgehead atoms. The Morgan fingerprint density at radius 3 is 2.79 bits per heavy atom. The van der Waals surface area contributed by atoms with Gasteiger partial charge >= 0.3 is 0 Å². The van der Waals surface area contributed by atoms with Crippen LogP contribution in [0.1, 0.15) is 31.2 Å². The molecular formula is C22H31N5O. The summed E-state index contributed by atoms with van der Waals surface area (Å²) in [6.07, 6.45) is 5.90. The van der Waals surface area contributed by atoms with Crippen molar-refractivity contribution in [2.45, 2.75) is 38.3 Å². The highest BCUT2D eigenvalue weighted by Gasteiger charge is 2.23. The number of carbonyl (C=O) groups is 1. The van der Waals surface area contributed by atoms with Gasteiger partial charge < -0.3 is 16.0 Å². The highest BCUT2D eigenvalue weighted by Crippen LogP contribution is 2.23. The zero-order valence-corrected chi connectivity index (χ0v) is 16.7. The normalized spacial score (nSPS) is 17.3. The van der Waals surface area contributed by atoms with Crippen LogP contribution in [-0.2, 0) is 11.3 Å². The van der Waals surface area contributed by atoms with Crippen LogP contribution in [-0.4, -0.2) is 48.5 Å². The molecule has 1 aromatic heterocycles. The molecule has 150 valence electrons. The number of anilines is 2. The number of aromatic nitrogens is 1. The van der Waals surface area contributed by atoms with Crippen molar-refractivity contribution >= 4 is 17.4 Å². The first-order valence-electron chi connectivity index (χ1n) is 10.1. The van der Waals surface area contributed by atoms with Gasteiger partial charge in [-0.2, -0.15) is 0 Å². The molecule has 3 N–H and O–H groups in total. The number of rotatable bonds is 8. The number of amides is 1. The molecule has 3 rings (SSSR count). The Hall–Kier alpha value is -2.44. The number of nitrogens with zero attached hydrogens (tertiary/aromatic N) is 3. The fraction of sp³-hybridized carbons (Fsp3) is 0.455. The maximum absolute atomic E-state index is 11.7. The van der Waals surface area contributed by atoms with Crippen molar-refractivity contribution in [1.29, 1.82) is 0 Å². The van der Waals surface area contributed by atoms with Crippen molar-refractivity contribution in [3.05, 3.63) is 54.2 Å². The number of carbonyl (C=O) groups excluding carboxylic acids is 1. The van der Waals surface area contributed by atoms with Crippen LogP contribution >= 0.6 is 0 Å². The predicted molar refractivity (Wildman–Crippen MR) is 113 cm³/mol. The molecular weight excluding hydrogens is 350 g/mol. The van der Waals surface area contributed by atoms with Crippen LogP contribution in [0.25, 0.3) is 0 Å². The average molecular weight is 382 g/mol. The Bertz CT molecular complexity index is 734. The molecule has 1 aliphatic rings. The smallest absolute Gasteiger partial charge is 0.221 e. The number of pyridine rings is 1. The van der Waals surface area contributed by atoms with Gasteiger partial charge in [-0.15, -0.1) is 0 Å². The SMILES string of the molecule is CN(c1ccccc1)c1ccc(CN2CCCCC2CNC(=O)CCN)cn1. The van der Waals surface area contributed by atoms with Gasteiger partial charge in [0.15, 0.2) is 0 Å². The second-order valence-corrected chi connectivity index (χ2v) is 7.38. The van der Waals surface area contributed by atoms with E-state index in [2.05, 4.69) is 44.4 Å². The zero-order chi connectivity index (χ0) is 19.8. The monoisotopic (exact) mass is 381 g/mol. The lowest BCUT2D eigenvalue weighted by molar-refractivity contribution is -0.121. The summed E-state index contributed by atoms with van der Waals surface area (Å²) in [6.45, 7) is 3.01. The third-order valence-corrected chi connectivity index (χ3v) is 5.34. The van der Waals surface area contributed by atoms with Crippen LogP contribution in [0, 0.1) is 0 Å². The van der Waals surface area contributed by atoms with Crippen LogP contribution in [0.4, 0.5) is 11.5 Å². The molecule has 1 unspecified atom stereocenters. The van der Waals surface area contributed by atoms with E-state index in [-0.39, 0.29) is 5.91 Å². The minimum Gasteiger partial charge on any atom is -0.354 e. The number of hydrogen-bond acceptors (Lipinski definition) is 5. The van der Waals surface area contributed by atoms with Gasteiger partial charge in [0.25, 0.3) is 0 Å². The summed E-state index contributed by atoms with van der Waals surface area (Å²) in [4.78, 5) is 21.0. The van der Waals surface area contributed by atoms with Crippen LogP contribution in [0.2, 0.25) is 0 Å². The van der Waals surface area contributed by atoms with E-state index in [0.717, 1.165) is 31.0 Å². The van der Waals surface area contributed by atoms with Crippen LogP contribution in [0.3, 0.4) is 0 Å². The van der Waals surface area contributed by atoms with Gasteiger partial charge in [0.05, 0.1) is 0 Å². The van der Waals surface area contributed by atoms with Crippen LogP contribution in [0.5, 0.6) is 0 Å². The number of likely N-dealkylation sites (tertiary alicyclic amines) is 1. The van der Waals surface area contributed by atoms with E-state index < -0.39 is 0 Å². The summed E-state index contributed by atoms with van der Waals surface area (Å²) >= 11 is 0. The molecule has 1 amide bonds. The minimum atomic E-state index is 0.0444. The van der Waals surface area contributed by atoms with Gasteiger partial charge in [0.2, 0.25) is 5.91 Å². The highest BCUT2D eigenvalue weighted by atomic mass is 16.1. The van der Waals surface area contributed by atoms with Gasteiger partial charge in [-0.05, 0) is 43.1 Å². The maximum Gasteiger partial charge on any atom is 0.221 e. The number of piperidine rings is 1. The van der Waals surface area contributed by atoms with Gasteiger partial charge in [0.1, 0.15) is 5.82 Å². The number of hydrogen-bond donors (Lipinski definition) is 2. The van der Waals surface area contributed by atoms with E-state index in [1.165, 1.54) is 18.4 Å². The summed E-state index contributed by atoms with van der Waals surface area (Å²) in [5, 5.41) is 3.03. The second-order valence-electron chi connectivity index (χ2n) is 7.38. The van der Waals surface area contributed by atoms with Crippen molar-refractivity contribution < 1.29 is 4.79 Å². The molecule has 0 saturated carbocycles. The Labute approximate surface area is 167 Å². The number of nitrogens with one attached hydrogen (secondary N) is 1. The molecule has 1 atom stereocenters. The maximum atomic E-state index is 11.7. The van der Waals surface area contributed by atoms with Gasteiger partial charge in [-0.25, -0.2) is 4.98 Å². The summed E-state index contributed by atoms with van der Waals surface area (Å²) in [6, 6.07) is 14.8. The first-order valence-corrected chi connectivity index (χ1v) is 10.1. The molecule has 0 aliphatic carbocycles. The third kappa shape index (κ3) is 5.53. The van der Waals surface area contributed by atoms with Gasteiger partial charge in [0, 0.05) is 51.0 Å². The van der Waals surface area contributed by atoms with Crippen molar-refractivity contribution in [3.8, 4) is 0 Å². The molecule has 2 aromatic rings. The number of nitrogens with two attached hydrogens (primary N) is 1. The summed E-state index contributed by atoms with van der Waals surface area (Å²) in [5.41, 5.74) is 7.77. The van der Waals surface area contributed by atoms with Gasteiger partial charge in [-0.1, -0.05) is 30.7 Å². The topological polar surface area (TPSA) is 74.5 Å². The zero-order valence-electron chi connectivity index (χ0n) is 16.7. The molecule has 1 saturated heterocycles. The Kier molecular flexibility index (Phi) is 7.39. The number of para-hydroxylation sites is 1. The predicted octanol–water partition coefficient (Wildman–Crippen LogP) is 2.67. The van der Waals surface area contributed by atoms with Crippen molar-refractivity contribution in [2.75, 3.05) is 31.6 Å². The minimum absolute atomic E-state index is 0.0444. The Morgan fingerprint density at radius 1 is 1.25 bits per heavy atom. The largest absolute Gasteiger partial charge is 0.354 e. The summed E-state index contributed by atoms with van der Waals surface area (Å²) < 4.78 is 0. The Balaban J connectivity index is 1.59. The molecule has 1 aromatic carbocycles. The lowest BCUT2D eigenvalue weighted by Crippen LogP contribution is -2.46. The van der Waals surface area contributed by atoms with E-state index >= 15 is 0 Å². The molecule has 1 aliphatic heterocycles. The lowest BCUT2D eigenvalue weighted by atomic mass is 10.0. The standard InChI is InChI=1S/C22H31N5O/c1-26(19-7-3-2-4-8-19)21-11-10-18(15-24-21)17-27-14-6-5-9-20(27)16-25-22(28)12-13-23/h2-4,7-8,10-11,15,20H,5-6,9,12-14,16-17,23H2,1H3,(H,25,28). The van der Waals surface area contributed by atoms with Crippen LogP contribution in [0.15, 0.2) is 48.7 Å². The second kappa shape index (κ2) is 10.2. The fourth-order valence-electron chi connectivity index (χ4n) is 3.68. The van der Waals surface area contributed by atoms with Crippen molar-refractivity contribution in [2.24, 2.45) is 5.73 Å². The van der Waals surface area contributed by atoms with Crippen molar-refractivity contribution in [3.63, 3.8) is 0 Å². The molecule has 6 nitrogen and oxygen atoms in total. The van der Waals surface area contributed by atoms with E-state index in [1.54, 1.807) is 0 Å². The van der Waals surface area contributed by atoms with Crippen molar-refractivity contribution in [1.82, 2.24) is 15.2 Å². The fourth-order valence-corrected chi connectivity index (χ4v) is 3.68. The van der Waals surface area contributed by atoms with E-state index in [1.807, 2.05) is 31.4 Å². The van der Waals surface area contributed by atoms with E-state index in [4.69, 9.17) is 5.73 Å². The quantitative estimate of drug-likeness (QED) is 0.735. The summed E-state index contributed by atoms with van der Waals surface area (Å²) in [7, 11) is 2.03. The Morgan fingerprint density at radius 2 is 2.07 bits per heavy atom. The molecule has 0 radical (unpaired) electrons. The lowest BCUT2D eigenvalue weighted by Gasteiger charge is -2.35. The molecule has 0 spiro atoms. The highest BCUT2D eigenvalue weighted by molar-refractivity contribution is 5.76. The van der Waals surface area contributed by atoms with Gasteiger partial charge in [-0.3, -0.25) is 9.69 Å². The first-order chi connectivity index (χ1) is 13.7. The molecule has 1 fully saturated rings. The number of benzene rings is 1. The third-order valence-electron chi connectivity index (χ3n) is 5.34. The molecule has 28 heavy (non-hydrogen) atoms. The van der Waals surface area contributed by atoms with E-state index in [0.29, 0.717) is 25.6 Å². The molecule has 2 heterocycles. The van der Waals surface area contributed by atoms with Crippen LogP contribution < -0.4 is 16.0 Å². The summed E-state index contributed by atoms with van der Waals surface area (Å²) in [5.74, 6) is 0.974. The first kappa shape index (κ1) is 20.3.